The number of nitrogens with two attached hydrogens (primary N) is 1. The minimum atomic E-state index is -0.506. The Bertz CT molecular complexity index is 1160. The van der Waals surface area contributed by atoms with Crippen molar-refractivity contribution in [1.82, 2.24) is 20.8 Å². The maximum Gasteiger partial charge on any atom is 0.257 e. The van der Waals surface area contributed by atoms with Crippen LogP contribution in [0.25, 0.3) is 11.1 Å². The first-order valence-corrected chi connectivity index (χ1v) is 10.3. The molecule has 2 aromatic heterocycles. The van der Waals surface area contributed by atoms with E-state index >= 15 is 0 Å². The molecule has 30 heavy (non-hydrogen) atoms. The molecule has 0 saturated heterocycles. The van der Waals surface area contributed by atoms with Crippen molar-refractivity contribution in [3.8, 4) is 12.1 Å². The third-order valence-corrected chi connectivity index (χ3v) is 5.36. The zero-order chi connectivity index (χ0) is 21.5. The molecular weight excluding hydrogens is 426 g/mol. The van der Waals surface area contributed by atoms with Crippen LogP contribution in [0.4, 0.5) is 5.82 Å². The Labute approximate surface area is 178 Å². The van der Waals surface area contributed by atoms with Gasteiger partial charge in [0.25, 0.3) is 5.22 Å². The van der Waals surface area contributed by atoms with Crippen LogP contribution in [0.3, 0.4) is 0 Å². The smallest absolute Gasteiger partial charge is 0.257 e. The predicted octanol–water partition coefficient (Wildman–Crippen LogP) is 1.58. The molecule has 0 saturated carbocycles. The van der Waals surface area contributed by atoms with E-state index in [0.717, 1.165) is 23.5 Å². The van der Waals surface area contributed by atoms with E-state index in [0.29, 0.717) is 16.3 Å². The summed E-state index contributed by atoms with van der Waals surface area (Å²) in [7, 11) is 0. The second kappa shape index (κ2) is 9.65. The van der Waals surface area contributed by atoms with Crippen molar-refractivity contribution in [3.05, 3.63) is 41.5 Å². The zero-order valence-electron chi connectivity index (χ0n) is 15.2. The van der Waals surface area contributed by atoms with Gasteiger partial charge in [0.15, 0.2) is 5.58 Å². The van der Waals surface area contributed by atoms with Gasteiger partial charge in [-0.1, -0.05) is 35.7 Å². The van der Waals surface area contributed by atoms with Crippen molar-refractivity contribution in [3.63, 3.8) is 0 Å². The minimum absolute atomic E-state index is 0.00740. The molecule has 2 heterocycles. The number of hydrogen-bond acceptors (Lipinski definition) is 10. The lowest BCUT2D eigenvalue weighted by Gasteiger charge is -2.07. The van der Waals surface area contributed by atoms with Crippen LogP contribution in [0.5, 0.6) is 0 Å². The number of amides is 2. The van der Waals surface area contributed by atoms with Gasteiger partial charge >= 0.3 is 0 Å². The van der Waals surface area contributed by atoms with Gasteiger partial charge in [0.05, 0.1) is 22.6 Å². The number of nitrogens with one attached hydrogen (secondary N) is 2. The van der Waals surface area contributed by atoms with E-state index in [-0.39, 0.29) is 33.5 Å². The van der Waals surface area contributed by atoms with Crippen LogP contribution < -0.4 is 16.6 Å². The summed E-state index contributed by atoms with van der Waals surface area (Å²) in [6.07, 6.45) is 0. The number of hydrazine groups is 1. The number of benzene rings is 1. The number of rotatable bonds is 6. The highest BCUT2D eigenvalue weighted by Crippen LogP contribution is 2.24. The van der Waals surface area contributed by atoms with Crippen molar-refractivity contribution in [2.75, 3.05) is 17.2 Å². The number of para-hydroxylation sites is 2. The quantitative estimate of drug-likeness (QED) is 0.378. The molecule has 3 aromatic rings. The molecule has 0 bridgehead atoms. The summed E-state index contributed by atoms with van der Waals surface area (Å²) < 4.78 is 5.50. The molecule has 0 aliphatic rings. The number of oxazole rings is 1. The second-order valence-electron chi connectivity index (χ2n) is 5.62. The Kier molecular flexibility index (Phi) is 6.75. The molecule has 0 radical (unpaired) electrons. The average molecular weight is 439 g/mol. The third kappa shape index (κ3) is 5.20. The maximum absolute atomic E-state index is 11.9. The summed E-state index contributed by atoms with van der Waals surface area (Å²) in [6, 6.07) is 12.3. The lowest BCUT2D eigenvalue weighted by Crippen LogP contribution is -2.43. The number of pyridine rings is 1. The standard InChI is InChI=1S/C18H13N7O3S2/c19-6-10-5-11(7-20)17(23-16(10)21)29-8-14(26)24-25-15(27)9-30-18-22-12-3-1-2-4-13(12)28-18/h1-5H,8-9H2,(H2,21,23)(H,24,26)(H,25,27). The van der Waals surface area contributed by atoms with Crippen LogP contribution in [0, 0.1) is 22.7 Å². The Hall–Kier alpha value is -3.74. The Balaban J connectivity index is 1.45. The average Bonchev–Trinajstić information content (AvgIpc) is 3.18. The monoisotopic (exact) mass is 439 g/mol. The fourth-order valence-corrected chi connectivity index (χ4v) is 3.58. The number of thioether (sulfide) groups is 2. The van der Waals surface area contributed by atoms with Crippen LogP contribution in [0.1, 0.15) is 11.1 Å². The molecule has 3 rings (SSSR count). The first-order chi connectivity index (χ1) is 14.5. The molecule has 0 fully saturated rings. The lowest BCUT2D eigenvalue weighted by molar-refractivity contribution is -0.126. The Morgan fingerprint density at radius 2 is 1.70 bits per heavy atom. The van der Waals surface area contributed by atoms with Gasteiger partial charge in [-0.15, -0.1) is 0 Å². The Morgan fingerprint density at radius 1 is 1.03 bits per heavy atom. The van der Waals surface area contributed by atoms with Crippen LogP contribution in [0.15, 0.2) is 45.0 Å². The van der Waals surface area contributed by atoms with Gasteiger partial charge in [-0.05, 0) is 18.2 Å². The first-order valence-electron chi connectivity index (χ1n) is 8.29. The van der Waals surface area contributed by atoms with Crippen LogP contribution in [0.2, 0.25) is 0 Å². The van der Waals surface area contributed by atoms with Gasteiger partial charge in [-0.3, -0.25) is 20.4 Å². The van der Waals surface area contributed by atoms with Crippen LogP contribution in [-0.2, 0) is 9.59 Å². The molecule has 0 atom stereocenters. The fourth-order valence-electron chi connectivity index (χ4n) is 2.18. The van der Waals surface area contributed by atoms with Gasteiger partial charge in [-0.2, -0.15) is 10.5 Å². The van der Waals surface area contributed by atoms with E-state index in [2.05, 4.69) is 20.8 Å². The van der Waals surface area contributed by atoms with E-state index in [1.54, 1.807) is 12.1 Å². The summed E-state index contributed by atoms with van der Waals surface area (Å²) in [6.45, 7) is 0. The number of carbonyl (C=O) groups is 2. The third-order valence-electron chi connectivity index (χ3n) is 3.54. The summed E-state index contributed by atoms with van der Waals surface area (Å²) in [5, 5.41) is 18.6. The molecule has 1 aromatic carbocycles. The number of fused-ring (bicyclic) bond motifs is 1. The first kappa shape index (κ1) is 21.0. The van der Waals surface area contributed by atoms with E-state index in [4.69, 9.17) is 20.7 Å². The number of carbonyl (C=O) groups excluding carboxylic acids is 2. The van der Waals surface area contributed by atoms with Crippen molar-refractivity contribution >= 4 is 52.3 Å². The molecule has 150 valence electrons. The van der Waals surface area contributed by atoms with Crippen molar-refractivity contribution < 1.29 is 14.0 Å². The summed E-state index contributed by atoms with van der Waals surface area (Å²) in [5.41, 5.74) is 11.7. The van der Waals surface area contributed by atoms with Crippen molar-refractivity contribution in [2.45, 2.75) is 10.2 Å². The zero-order valence-corrected chi connectivity index (χ0v) is 16.8. The van der Waals surface area contributed by atoms with Crippen LogP contribution in [-0.4, -0.2) is 33.3 Å². The van der Waals surface area contributed by atoms with Gasteiger partial charge in [0, 0.05) is 0 Å². The van der Waals surface area contributed by atoms with E-state index in [9.17, 15) is 9.59 Å². The maximum atomic E-state index is 11.9. The Morgan fingerprint density at radius 3 is 2.37 bits per heavy atom. The molecule has 0 aliphatic heterocycles. The van der Waals surface area contributed by atoms with Crippen LogP contribution >= 0.6 is 23.5 Å². The van der Waals surface area contributed by atoms with E-state index in [1.807, 2.05) is 24.3 Å². The molecule has 0 aliphatic carbocycles. The molecule has 4 N–H and O–H groups in total. The van der Waals surface area contributed by atoms with Gasteiger partial charge in [-0.25, -0.2) is 9.97 Å². The molecule has 10 nitrogen and oxygen atoms in total. The lowest BCUT2D eigenvalue weighted by atomic mass is 10.2. The number of hydrogen-bond donors (Lipinski definition) is 3. The highest BCUT2D eigenvalue weighted by molar-refractivity contribution is 8.00. The summed E-state index contributed by atoms with van der Waals surface area (Å²) >= 11 is 2.05. The molecule has 0 spiro atoms. The van der Waals surface area contributed by atoms with Gasteiger partial charge < -0.3 is 10.2 Å². The summed E-state index contributed by atoms with van der Waals surface area (Å²) in [4.78, 5) is 32.1. The van der Waals surface area contributed by atoms with Crippen molar-refractivity contribution in [2.24, 2.45) is 0 Å². The largest absolute Gasteiger partial charge is 0.431 e. The predicted molar refractivity (Wildman–Crippen MR) is 110 cm³/mol. The molecule has 2 amide bonds. The van der Waals surface area contributed by atoms with E-state index in [1.165, 1.54) is 6.07 Å². The summed E-state index contributed by atoms with van der Waals surface area (Å²) in [5.74, 6) is -1.10. The number of nitrogens with zero attached hydrogens (tertiary/aromatic N) is 4. The minimum Gasteiger partial charge on any atom is -0.431 e. The van der Waals surface area contributed by atoms with Gasteiger partial charge in [0.2, 0.25) is 11.8 Å². The number of aromatic nitrogens is 2. The van der Waals surface area contributed by atoms with E-state index < -0.39 is 11.8 Å². The molecular formula is C18H13N7O3S2. The van der Waals surface area contributed by atoms with Crippen molar-refractivity contribution in [1.29, 1.82) is 10.5 Å². The second-order valence-corrected chi connectivity index (χ2v) is 7.51. The topological polar surface area (TPSA) is 171 Å². The fraction of sp³-hybridized carbons (Fsp3) is 0.111. The number of anilines is 1. The SMILES string of the molecule is N#Cc1cc(C#N)c(SCC(=O)NNC(=O)CSc2nc3ccccc3o2)nc1N. The molecule has 0 unspecified atom stereocenters. The highest BCUT2D eigenvalue weighted by atomic mass is 32.2. The number of nitrogen functional groups attached to an aromatic ring is 1. The van der Waals surface area contributed by atoms with Gasteiger partial charge in [0.1, 0.15) is 28.5 Å². The number of nitriles is 2. The normalized spacial score (nSPS) is 10.2. The highest BCUT2D eigenvalue weighted by Gasteiger charge is 2.13. The molecule has 12 heteroatoms.